The van der Waals surface area contributed by atoms with Gasteiger partial charge in [-0.25, -0.2) is 4.79 Å². The van der Waals surface area contributed by atoms with Crippen molar-refractivity contribution >= 4 is 17.4 Å². The summed E-state index contributed by atoms with van der Waals surface area (Å²) in [5.74, 6) is 0.744. The van der Waals surface area contributed by atoms with Crippen LogP contribution < -0.4 is 16.1 Å². The van der Waals surface area contributed by atoms with Gasteiger partial charge in [0.2, 0.25) is 0 Å². The SMILES string of the molecule is CC(C)(C)C1=CC(NC(=O)Nc2ccc([N+](=O)[O-])cc2)NO1. The first-order valence-electron chi connectivity index (χ1n) is 6.72. The van der Waals surface area contributed by atoms with Gasteiger partial charge in [0, 0.05) is 23.2 Å². The molecule has 8 nitrogen and oxygen atoms in total. The third-order valence-electron chi connectivity index (χ3n) is 2.98. The topological polar surface area (TPSA) is 106 Å². The van der Waals surface area contributed by atoms with Crippen LogP contribution in [-0.4, -0.2) is 17.1 Å². The fraction of sp³-hybridized carbons (Fsp3) is 0.357. The number of allylic oxidation sites excluding steroid dienone is 1. The Labute approximate surface area is 127 Å². The number of carbonyl (C=O) groups is 1. The molecule has 0 spiro atoms. The maximum Gasteiger partial charge on any atom is 0.320 e. The quantitative estimate of drug-likeness (QED) is 0.587. The Kier molecular flexibility index (Phi) is 4.32. The molecule has 1 atom stereocenters. The molecule has 2 amide bonds. The van der Waals surface area contributed by atoms with E-state index >= 15 is 0 Å². The average molecular weight is 306 g/mol. The van der Waals surface area contributed by atoms with E-state index in [-0.39, 0.29) is 11.1 Å². The molecule has 118 valence electrons. The summed E-state index contributed by atoms with van der Waals surface area (Å²) in [5.41, 5.74) is 2.97. The van der Waals surface area contributed by atoms with E-state index in [0.29, 0.717) is 5.69 Å². The van der Waals surface area contributed by atoms with Crippen molar-refractivity contribution in [3.8, 4) is 0 Å². The van der Waals surface area contributed by atoms with Gasteiger partial charge in [-0.2, -0.15) is 0 Å². The highest BCUT2D eigenvalue weighted by Gasteiger charge is 2.27. The van der Waals surface area contributed by atoms with Crippen LogP contribution in [0.1, 0.15) is 20.8 Å². The monoisotopic (exact) mass is 306 g/mol. The number of non-ortho nitro benzene ring substituents is 1. The number of anilines is 1. The van der Waals surface area contributed by atoms with Crippen molar-refractivity contribution in [2.24, 2.45) is 5.41 Å². The minimum atomic E-state index is -0.498. The zero-order valence-corrected chi connectivity index (χ0v) is 12.5. The van der Waals surface area contributed by atoms with Crippen molar-refractivity contribution in [3.63, 3.8) is 0 Å². The maximum absolute atomic E-state index is 11.9. The minimum Gasteiger partial charge on any atom is -0.410 e. The van der Waals surface area contributed by atoms with Gasteiger partial charge in [-0.05, 0) is 18.2 Å². The number of hydroxylamine groups is 1. The normalized spacial score (nSPS) is 17.4. The van der Waals surface area contributed by atoms with Gasteiger partial charge >= 0.3 is 6.03 Å². The number of urea groups is 1. The molecule has 0 radical (unpaired) electrons. The smallest absolute Gasteiger partial charge is 0.320 e. The maximum atomic E-state index is 11.9. The lowest BCUT2D eigenvalue weighted by molar-refractivity contribution is -0.384. The summed E-state index contributed by atoms with van der Waals surface area (Å²) in [6.07, 6.45) is 1.35. The van der Waals surface area contributed by atoms with Crippen LogP contribution in [0, 0.1) is 15.5 Å². The summed E-state index contributed by atoms with van der Waals surface area (Å²) in [5, 5.41) is 15.8. The van der Waals surface area contributed by atoms with Crippen LogP contribution in [0.5, 0.6) is 0 Å². The van der Waals surface area contributed by atoms with Crippen molar-refractivity contribution in [1.29, 1.82) is 0 Å². The molecule has 1 unspecified atom stereocenters. The summed E-state index contributed by atoms with van der Waals surface area (Å²) in [7, 11) is 0. The van der Waals surface area contributed by atoms with Gasteiger partial charge in [0.1, 0.15) is 11.9 Å². The van der Waals surface area contributed by atoms with Crippen molar-refractivity contribution < 1.29 is 14.6 Å². The molecular formula is C14H18N4O4. The van der Waals surface area contributed by atoms with Gasteiger partial charge in [0.05, 0.1) is 4.92 Å². The number of rotatable bonds is 3. The van der Waals surface area contributed by atoms with Crippen LogP contribution in [0.15, 0.2) is 36.1 Å². The van der Waals surface area contributed by atoms with E-state index in [4.69, 9.17) is 4.84 Å². The molecule has 22 heavy (non-hydrogen) atoms. The number of hydrogen-bond acceptors (Lipinski definition) is 5. The number of nitrogens with one attached hydrogen (secondary N) is 3. The molecule has 2 rings (SSSR count). The molecule has 1 aromatic rings. The lowest BCUT2D eigenvalue weighted by atomic mass is 9.94. The molecule has 8 heteroatoms. The Morgan fingerprint density at radius 1 is 1.32 bits per heavy atom. The molecule has 0 aliphatic carbocycles. The van der Waals surface area contributed by atoms with E-state index in [9.17, 15) is 14.9 Å². The first kappa shape index (κ1) is 15.8. The fourth-order valence-corrected chi connectivity index (χ4v) is 1.80. The van der Waals surface area contributed by atoms with E-state index in [1.807, 2.05) is 20.8 Å². The van der Waals surface area contributed by atoms with E-state index in [1.165, 1.54) is 24.3 Å². The highest BCUT2D eigenvalue weighted by molar-refractivity contribution is 5.89. The van der Waals surface area contributed by atoms with E-state index in [0.717, 1.165) is 5.76 Å². The van der Waals surface area contributed by atoms with Gasteiger partial charge < -0.3 is 15.5 Å². The van der Waals surface area contributed by atoms with E-state index in [1.54, 1.807) is 6.08 Å². The lowest BCUT2D eigenvalue weighted by Gasteiger charge is -2.17. The second-order valence-corrected chi connectivity index (χ2v) is 5.88. The van der Waals surface area contributed by atoms with Crippen LogP contribution >= 0.6 is 0 Å². The van der Waals surface area contributed by atoms with Gasteiger partial charge in [-0.15, -0.1) is 5.48 Å². The lowest BCUT2D eigenvalue weighted by Crippen LogP contribution is -2.43. The molecular weight excluding hydrogens is 288 g/mol. The first-order valence-corrected chi connectivity index (χ1v) is 6.72. The van der Waals surface area contributed by atoms with Crippen molar-refractivity contribution in [2.75, 3.05) is 5.32 Å². The number of benzene rings is 1. The molecule has 1 aliphatic rings. The van der Waals surface area contributed by atoms with Crippen LogP contribution in [-0.2, 0) is 4.84 Å². The molecule has 0 aromatic heterocycles. The number of hydrogen-bond donors (Lipinski definition) is 3. The Morgan fingerprint density at radius 2 is 1.95 bits per heavy atom. The standard InChI is InChI=1S/C14H18N4O4/c1-14(2,3)11-8-12(17-22-11)16-13(19)15-9-4-6-10(7-5-9)18(20)21/h4-8,12,17H,1-3H3,(H2,15,16,19). The minimum absolute atomic E-state index is 0.0328. The molecule has 1 heterocycles. The fourth-order valence-electron chi connectivity index (χ4n) is 1.80. The zero-order chi connectivity index (χ0) is 16.3. The van der Waals surface area contributed by atoms with Crippen LogP contribution in [0.3, 0.4) is 0 Å². The molecule has 0 bridgehead atoms. The Bertz CT molecular complexity index is 604. The highest BCUT2D eigenvalue weighted by atomic mass is 16.7. The van der Waals surface area contributed by atoms with Gasteiger partial charge in [-0.1, -0.05) is 20.8 Å². The summed E-state index contributed by atoms with van der Waals surface area (Å²) in [6, 6.07) is 5.13. The van der Waals surface area contributed by atoms with Crippen LogP contribution in [0.4, 0.5) is 16.2 Å². The summed E-state index contributed by atoms with van der Waals surface area (Å²) >= 11 is 0. The number of nitro benzene ring substituents is 1. The number of nitrogens with zero attached hydrogens (tertiary/aromatic N) is 1. The third kappa shape index (κ3) is 3.95. The highest BCUT2D eigenvalue weighted by Crippen LogP contribution is 2.28. The van der Waals surface area contributed by atoms with E-state index in [2.05, 4.69) is 16.1 Å². The summed E-state index contributed by atoms with van der Waals surface area (Å²) in [4.78, 5) is 27.2. The Morgan fingerprint density at radius 3 is 2.45 bits per heavy atom. The number of nitro groups is 1. The largest absolute Gasteiger partial charge is 0.410 e. The summed E-state index contributed by atoms with van der Waals surface area (Å²) < 4.78 is 0. The van der Waals surface area contributed by atoms with E-state index < -0.39 is 17.1 Å². The zero-order valence-electron chi connectivity index (χ0n) is 12.5. The molecule has 0 fully saturated rings. The van der Waals surface area contributed by atoms with Crippen molar-refractivity contribution in [1.82, 2.24) is 10.8 Å². The number of amides is 2. The van der Waals surface area contributed by atoms with Crippen molar-refractivity contribution in [2.45, 2.75) is 26.9 Å². The molecule has 1 aromatic carbocycles. The van der Waals surface area contributed by atoms with Gasteiger partial charge in [0.25, 0.3) is 5.69 Å². The second kappa shape index (κ2) is 6.02. The Balaban J connectivity index is 1.91. The predicted molar refractivity (Wildman–Crippen MR) is 80.8 cm³/mol. The third-order valence-corrected chi connectivity index (χ3v) is 2.98. The summed E-state index contributed by atoms with van der Waals surface area (Å²) in [6.45, 7) is 6.00. The van der Waals surface area contributed by atoms with Crippen LogP contribution in [0.2, 0.25) is 0 Å². The molecule has 0 saturated carbocycles. The van der Waals surface area contributed by atoms with Crippen LogP contribution in [0.25, 0.3) is 0 Å². The Hall–Kier alpha value is -2.61. The molecule has 0 saturated heterocycles. The average Bonchev–Trinajstić information content (AvgIpc) is 2.87. The van der Waals surface area contributed by atoms with Gasteiger partial charge in [-0.3, -0.25) is 10.1 Å². The molecule has 1 aliphatic heterocycles. The first-order chi connectivity index (χ1) is 10.3. The van der Waals surface area contributed by atoms with Gasteiger partial charge in [0.15, 0.2) is 0 Å². The second-order valence-electron chi connectivity index (χ2n) is 5.88. The predicted octanol–water partition coefficient (Wildman–Crippen LogP) is 2.51. The number of carbonyl (C=O) groups excluding carboxylic acids is 1. The van der Waals surface area contributed by atoms with Crippen molar-refractivity contribution in [3.05, 3.63) is 46.2 Å². The molecule has 3 N–H and O–H groups in total.